The van der Waals surface area contributed by atoms with Gasteiger partial charge in [-0.15, -0.1) is 0 Å². The van der Waals surface area contributed by atoms with Crippen LogP contribution in [0.25, 0.3) is 0 Å². The molecule has 1 aliphatic carbocycles. The third-order valence-corrected chi connectivity index (χ3v) is 3.33. The number of nitrogens with one attached hydrogen (secondary N) is 1. The van der Waals surface area contributed by atoms with Crippen molar-refractivity contribution in [2.75, 3.05) is 0 Å². The average molecular weight is 218 g/mol. The fourth-order valence-electron chi connectivity index (χ4n) is 2.13. The Morgan fingerprint density at radius 2 is 2.25 bits per heavy atom. The number of aromatic nitrogens is 1. The number of hydrogen-bond donors (Lipinski definition) is 1. The summed E-state index contributed by atoms with van der Waals surface area (Å²) in [5, 5.41) is 3.64. The number of hydrogen-bond acceptors (Lipinski definition) is 2. The van der Waals surface area contributed by atoms with E-state index in [9.17, 15) is 0 Å². The molecule has 1 N–H and O–H groups in total. The lowest BCUT2D eigenvalue weighted by molar-refractivity contribution is 0.444. The van der Waals surface area contributed by atoms with Crippen molar-refractivity contribution >= 4 is 0 Å². The first-order valence-electron chi connectivity index (χ1n) is 6.42. The lowest BCUT2D eigenvalue weighted by atomic mass is 10.1. The number of rotatable bonds is 6. The molecule has 1 fully saturated rings. The van der Waals surface area contributed by atoms with Crippen LogP contribution in [0.15, 0.2) is 18.5 Å². The van der Waals surface area contributed by atoms with Gasteiger partial charge in [-0.05, 0) is 36.8 Å². The highest BCUT2D eigenvalue weighted by Gasteiger charge is 2.24. The Hall–Kier alpha value is -0.890. The summed E-state index contributed by atoms with van der Waals surface area (Å²) in [6, 6.07) is 2.90. The Morgan fingerprint density at radius 3 is 2.88 bits per heavy atom. The van der Waals surface area contributed by atoms with Gasteiger partial charge in [0, 0.05) is 25.0 Å². The molecule has 2 nitrogen and oxygen atoms in total. The zero-order valence-corrected chi connectivity index (χ0v) is 10.4. The lowest BCUT2D eigenvalue weighted by Gasteiger charge is -2.16. The van der Waals surface area contributed by atoms with Crippen LogP contribution in [0.2, 0.25) is 0 Å². The molecule has 1 atom stereocenters. The molecule has 1 saturated carbocycles. The normalized spacial score (nSPS) is 17.4. The van der Waals surface area contributed by atoms with E-state index in [1.54, 1.807) is 0 Å². The molecule has 88 valence electrons. The SMILES string of the molecule is CCC(CC1CC1)NCc1cncc(C)c1. The first kappa shape index (κ1) is 11.6. The van der Waals surface area contributed by atoms with Crippen molar-refractivity contribution in [1.29, 1.82) is 0 Å². The van der Waals surface area contributed by atoms with Gasteiger partial charge in [-0.1, -0.05) is 25.8 Å². The Labute approximate surface area is 98.5 Å². The average Bonchev–Trinajstić information content (AvgIpc) is 3.08. The van der Waals surface area contributed by atoms with Crippen molar-refractivity contribution in [2.45, 2.75) is 52.1 Å². The maximum Gasteiger partial charge on any atom is 0.0313 e. The molecule has 0 aliphatic heterocycles. The van der Waals surface area contributed by atoms with Gasteiger partial charge in [-0.2, -0.15) is 0 Å². The summed E-state index contributed by atoms with van der Waals surface area (Å²) in [6.07, 6.45) is 9.36. The van der Waals surface area contributed by atoms with Crippen LogP contribution in [0.3, 0.4) is 0 Å². The molecule has 2 heteroatoms. The van der Waals surface area contributed by atoms with Gasteiger partial charge in [0.1, 0.15) is 0 Å². The van der Waals surface area contributed by atoms with E-state index >= 15 is 0 Å². The molecule has 0 saturated heterocycles. The number of aryl methyl sites for hydroxylation is 1. The van der Waals surface area contributed by atoms with Gasteiger partial charge < -0.3 is 5.32 Å². The molecule has 0 spiro atoms. The summed E-state index contributed by atoms with van der Waals surface area (Å²) in [5.41, 5.74) is 2.55. The van der Waals surface area contributed by atoms with Crippen LogP contribution in [0, 0.1) is 12.8 Å². The quantitative estimate of drug-likeness (QED) is 0.793. The molecule has 0 bridgehead atoms. The van der Waals surface area contributed by atoms with E-state index in [0.29, 0.717) is 6.04 Å². The Balaban J connectivity index is 1.80. The maximum absolute atomic E-state index is 4.22. The van der Waals surface area contributed by atoms with E-state index in [1.165, 1.54) is 36.8 Å². The zero-order valence-electron chi connectivity index (χ0n) is 10.4. The Morgan fingerprint density at radius 1 is 1.44 bits per heavy atom. The van der Waals surface area contributed by atoms with Crippen LogP contribution < -0.4 is 5.32 Å². The van der Waals surface area contributed by atoms with Crippen LogP contribution in [-0.4, -0.2) is 11.0 Å². The molecule has 1 heterocycles. The minimum atomic E-state index is 0.688. The standard InChI is InChI=1S/C14H22N2/c1-3-14(7-12-4-5-12)16-10-13-6-11(2)8-15-9-13/h6,8-9,12,14,16H,3-5,7,10H2,1-2H3. The molecule has 0 amide bonds. The molecule has 1 aromatic rings. The molecule has 1 aliphatic rings. The Kier molecular flexibility index (Phi) is 3.94. The minimum Gasteiger partial charge on any atom is -0.310 e. The Bertz CT molecular complexity index is 331. The van der Waals surface area contributed by atoms with Gasteiger partial charge in [0.25, 0.3) is 0 Å². The van der Waals surface area contributed by atoms with E-state index in [2.05, 4.69) is 30.2 Å². The fraction of sp³-hybridized carbons (Fsp3) is 0.643. The molecule has 0 radical (unpaired) electrons. The van der Waals surface area contributed by atoms with Crippen molar-refractivity contribution in [3.8, 4) is 0 Å². The van der Waals surface area contributed by atoms with E-state index in [-0.39, 0.29) is 0 Å². The second-order valence-corrected chi connectivity index (χ2v) is 5.04. The first-order chi connectivity index (χ1) is 7.78. The summed E-state index contributed by atoms with van der Waals surface area (Å²) in [7, 11) is 0. The third-order valence-electron chi connectivity index (χ3n) is 3.33. The van der Waals surface area contributed by atoms with E-state index in [0.717, 1.165) is 12.5 Å². The largest absolute Gasteiger partial charge is 0.310 e. The van der Waals surface area contributed by atoms with Gasteiger partial charge in [0.05, 0.1) is 0 Å². The van der Waals surface area contributed by atoms with Gasteiger partial charge in [0.15, 0.2) is 0 Å². The van der Waals surface area contributed by atoms with Crippen LogP contribution in [0.1, 0.15) is 43.7 Å². The number of nitrogens with zero attached hydrogens (tertiary/aromatic N) is 1. The van der Waals surface area contributed by atoms with E-state index in [4.69, 9.17) is 0 Å². The summed E-state index contributed by atoms with van der Waals surface area (Å²) in [4.78, 5) is 4.22. The van der Waals surface area contributed by atoms with Gasteiger partial charge >= 0.3 is 0 Å². The van der Waals surface area contributed by atoms with Crippen molar-refractivity contribution in [3.05, 3.63) is 29.6 Å². The summed E-state index contributed by atoms with van der Waals surface area (Å²) in [6.45, 7) is 5.33. The second kappa shape index (κ2) is 5.44. The molecule has 1 unspecified atom stereocenters. The lowest BCUT2D eigenvalue weighted by Crippen LogP contribution is -2.28. The van der Waals surface area contributed by atoms with Crippen LogP contribution in [-0.2, 0) is 6.54 Å². The molecule has 16 heavy (non-hydrogen) atoms. The highest BCUT2D eigenvalue weighted by atomic mass is 14.9. The smallest absolute Gasteiger partial charge is 0.0313 e. The summed E-state index contributed by atoms with van der Waals surface area (Å²) < 4.78 is 0. The van der Waals surface area contributed by atoms with Gasteiger partial charge in [-0.3, -0.25) is 4.98 Å². The molecular weight excluding hydrogens is 196 g/mol. The van der Waals surface area contributed by atoms with Crippen LogP contribution in [0.5, 0.6) is 0 Å². The summed E-state index contributed by atoms with van der Waals surface area (Å²) in [5.74, 6) is 1.01. The topological polar surface area (TPSA) is 24.9 Å². The first-order valence-corrected chi connectivity index (χ1v) is 6.42. The maximum atomic E-state index is 4.22. The van der Waals surface area contributed by atoms with Gasteiger partial charge in [0.2, 0.25) is 0 Å². The molecule has 0 aromatic carbocycles. The summed E-state index contributed by atoms with van der Waals surface area (Å²) >= 11 is 0. The molecular formula is C14H22N2. The zero-order chi connectivity index (χ0) is 11.4. The van der Waals surface area contributed by atoms with Crippen molar-refractivity contribution in [2.24, 2.45) is 5.92 Å². The predicted octanol–water partition coefficient (Wildman–Crippen LogP) is 3.06. The monoisotopic (exact) mass is 218 g/mol. The van der Waals surface area contributed by atoms with E-state index < -0.39 is 0 Å². The van der Waals surface area contributed by atoms with Crippen molar-refractivity contribution in [1.82, 2.24) is 10.3 Å². The number of pyridine rings is 1. The van der Waals surface area contributed by atoms with Crippen molar-refractivity contribution < 1.29 is 0 Å². The molecule has 1 aromatic heterocycles. The molecule has 2 rings (SSSR count). The second-order valence-electron chi connectivity index (χ2n) is 5.04. The highest BCUT2D eigenvalue weighted by Crippen LogP contribution is 2.34. The van der Waals surface area contributed by atoms with E-state index in [1.807, 2.05) is 12.4 Å². The fourth-order valence-corrected chi connectivity index (χ4v) is 2.13. The van der Waals surface area contributed by atoms with Crippen LogP contribution >= 0.6 is 0 Å². The highest BCUT2D eigenvalue weighted by molar-refractivity contribution is 5.16. The van der Waals surface area contributed by atoms with Gasteiger partial charge in [-0.25, -0.2) is 0 Å². The minimum absolute atomic E-state index is 0.688. The van der Waals surface area contributed by atoms with Crippen molar-refractivity contribution in [3.63, 3.8) is 0 Å². The third kappa shape index (κ3) is 3.60. The predicted molar refractivity (Wildman–Crippen MR) is 67.2 cm³/mol. The van der Waals surface area contributed by atoms with Crippen LogP contribution in [0.4, 0.5) is 0 Å².